The molecule has 0 radical (unpaired) electrons. The molecule has 0 unspecified atom stereocenters. The molecule has 0 aliphatic carbocycles. The van der Waals surface area contributed by atoms with Crippen molar-refractivity contribution >= 4 is 12.0 Å². The minimum absolute atomic E-state index is 0.0449. The monoisotopic (exact) mass is 255 g/mol. The smallest absolute Gasteiger partial charge is 0.367 e. The van der Waals surface area contributed by atoms with E-state index in [1.165, 1.54) is 6.08 Å². The van der Waals surface area contributed by atoms with Gasteiger partial charge in [0, 0.05) is 29.9 Å². The lowest BCUT2D eigenvalue weighted by Gasteiger charge is -2.29. The zero-order valence-electron chi connectivity index (χ0n) is 9.57. The maximum Gasteiger partial charge on any atom is 0.412 e. The summed E-state index contributed by atoms with van der Waals surface area (Å²) in [4.78, 5) is 12.6. The summed E-state index contributed by atoms with van der Waals surface area (Å²) in [5, 5.41) is 0. The van der Waals surface area contributed by atoms with E-state index in [1.54, 1.807) is 29.2 Å². The average Bonchev–Trinajstić information content (AvgIpc) is 2.38. The zero-order chi connectivity index (χ0) is 13.2. The van der Waals surface area contributed by atoms with Crippen LogP contribution in [0.3, 0.4) is 0 Å². The maximum absolute atomic E-state index is 12.5. The molecule has 0 spiro atoms. The molecule has 5 heteroatoms. The number of benzene rings is 1. The summed E-state index contributed by atoms with van der Waals surface area (Å²) >= 11 is 0. The van der Waals surface area contributed by atoms with E-state index in [4.69, 9.17) is 0 Å². The Labute approximate surface area is 103 Å². The predicted octanol–water partition coefficient (Wildman–Crippen LogP) is 3.20. The van der Waals surface area contributed by atoms with Crippen LogP contribution in [0.5, 0.6) is 0 Å². The Morgan fingerprint density at radius 1 is 1.22 bits per heavy atom. The highest BCUT2D eigenvalue weighted by Crippen LogP contribution is 2.32. The molecule has 0 bridgehead atoms. The van der Waals surface area contributed by atoms with Crippen LogP contribution in [0.15, 0.2) is 35.9 Å². The summed E-state index contributed by atoms with van der Waals surface area (Å²) in [7, 11) is 0. The van der Waals surface area contributed by atoms with Crippen LogP contribution >= 0.6 is 0 Å². The van der Waals surface area contributed by atoms with Gasteiger partial charge in [-0.15, -0.1) is 0 Å². The van der Waals surface area contributed by atoms with Gasteiger partial charge in [0.2, 0.25) is 0 Å². The highest BCUT2D eigenvalue weighted by molar-refractivity contribution is 5.84. The molecule has 1 aromatic rings. The van der Waals surface area contributed by atoms with Gasteiger partial charge in [-0.2, -0.15) is 13.2 Å². The first-order valence-corrected chi connectivity index (χ1v) is 5.58. The van der Waals surface area contributed by atoms with Gasteiger partial charge in [0.1, 0.15) is 0 Å². The molecule has 0 amide bonds. The molecular formula is C13H12F3NO. The molecule has 2 nitrogen and oxygen atoms in total. The minimum atomic E-state index is -4.24. The van der Waals surface area contributed by atoms with Crippen molar-refractivity contribution in [2.24, 2.45) is 0 Å². The number of halogens is 3. The average molecular weight is 255 g/mol. The van der Waals surface area contributed by atoms with Crippen molar-refractivity contribution < 1.29 is 18.0 Å². The van der Waals surface area contributed by atoms with E-state index in [0.29, 0.717) is 11.3 Å². The summed E-state index contributed by atoms with van der Waals surface area (Å²) < 4.78 is 37.4. The Bertz CT molecular complexity index is 479. The van der Waals surface area contributed by atoms with Crippen LogP contribution in [-0.4, -0.2) is 25.6 Å². The van der Waals surface area contributed by atoms with E-state index in [1.807, 2.05) is 0 Å². The number of alkyl halides is 3. The van der Waals surface area contributed by atoms with Crippen molar-refractivity contribution in [1.82, 2.24) is 0 Å². The Hall–Kier alpha value is -1.78. The van der Waals surface area contributed by atoms with Crippen LogP contribution in [0.25, 0.3) is 0 Å². The number of hydrogen-bond acceptors (Lipinski definition) is 2. The third-order valence-electron chi connectivity index (χ3n) is 2.98. The van der Waals surface area contributed by atoms with Crippen molar-refractivity contribution in [2.75, 3.05) is 18.0 Å². The molecule has 18 heavy (non-hydrogen) atoms. The SMILES string of the molecule is O=Cc1ccccc1N1CC=C(C(F)(F)F)CC1. The molecule has 96 valence electrons. The lowest BCUT2D eigenvalue weighted by Crippen LogP contribution is -2.32. The molecule has 1 aromatic carbocycles. The summed E-state index contributed by atoms with van der Waals surface area (Å²) in [6, 6.07) is 6.90. The lowest BCUT2D eigenvalue weighted by atomic mass is 10.1. The largest absolute Gasteiger partial charge is 0.412 e. The summed E-state index contributed by atoms with van der Waals surface area (Å²) in [5.74, 6) is 0. The first-order valence-electron chi connectivity index (χ1n) is 5.58. The summed E-state index contributed by atoms with van der Waals surface area (Å²) in [6.45, 7) is 0.454. The maximum atomic E-state index is 12.5. The lowest BCUT2D eigenvalue weighted by molar-refractivity contribution is -0.0944. The Kier molecular flexibility index (Phi) is 3.41. The normalized spacial score (nSPS) is 16.4. The molecule has 1 aliphatic heterocycles. The van der Waals surface area contributed by atoms with Crippen molar-refractivity contribution in [3.8, 4) is 0 Å². The van der Waals surface area contributed by atoms with Gasteiger partial charge in [-0.1, -0.05) is 18.2 Å². The van der Waals surface area contributed by atoms with Gasteiger partial charge in [-0.3, -0.25) is 4.79 Å². The summed E-state index contributed by atoms with van der Waals surface area (Å²) in [6.07, 6.45) is -2.38. The highest BCUT2D eigenvalue weighted by Gasteiger charge is 2.34. The number of anilines is 1. The second-order valence-corrected chi connectivity index (χ2v) is 4.10. The first kappa shape index (κ1) is 12.7. The van der Waals surface area contributed by atoms with Crippen molar-refractivity contribution in [1.29, 1.82) is 0 Å². The van der Waals surface area contributed by atoms with Crippen LogP contribution in [0.1, 0.15) is 16.8 Å². The number of para-hydroxylation sites is 1. The van der Waals surface area contributed by atoms with E-state index in [0.717, 1.165) is 6.29 Å². The fourth-order valence-electron chi connectivity index (χ4n) is 2.02. The van der Waals surface area contributed by atoms with Crippen molar-refractivity contribution in [2.45, 2.75) is 12.6 Å². The van der Waals surface area contributed by atoms with Gasteiger partial charge in [0.15, 0.2) is 6.29 Å². The van der Waals surface area contributed by atoms with E-state index < -0.39 is 11.7 Å². The predicted molar refractivity (Wildman–Crippen MR) is 62.8 cm³/mol. The van der Waals surface area contributed by atoms with Crippen LogP contribution in [-0.2, 0) is 0 Å². The third-order valence-corrected chi connectivity index (χ3v) is 2.98. The minimum Gasteiger partial charge on any atom is -0.367 e. The molecule has 2 rings (SSSR count). The second kappa shape index (κ2) is 4.84. The number of carbonyl (C=O) groups is 1. The van der Waals surface area contributed by atoms with Gasteiger partial charge in [-0.05, 0) is 18.6 Å². The molecule has 1 aliphatic rings. The molecule has 0 fully saturated rings. The zero-order valence-corrected chi connectivity index (χ0v) is 9.57. The van der Waals surface area contributed by atoms with Crippen molar-refractivity contribution in [3.05, 3.63) is 41.5 Å². The molecule has 0 saturated heterocycles. The van der Waals surface area contributed by atoms with E-state index in [9.17, 15) is 18.0 Å². The molecule has 0 aromatic heterocycles. The molecule has 0 saturated carbocycles. The molecule has 1 heterocycles. The molecule has 0 atom stereocenters. The topological polar surface area (TPSA) is 20.3 Å². The number of rotatable bonds is 2. The van der Waals surface area contributed by atoms with Crippen LogP contribution in [0, 0.1) is 0 Å². The van der Waals surface area contributed by atoms with Gasteiger partial charge >= 0.3 is 6.18 Å². The fourth-order valence-corrected chi connectivity index (χ4v) is 2.02. The van der Waals surface area contributed by atoms with E-state index in [-0.39, 0.29) is 19.5 Å². The highest BCUT2D eigenvalue weighted by atomic mass is 19.4. The molecule has 0 N–H and O–H groups in total. The number of nitrogens with zero attached hydrogens (tertiary/aromatic N) is 1. The number of carbonyl (C=O) groups excluding carboxylic acids is 1. The third kappa shape index (κ3) is 2.55. The summed E-state index contributed by atoms with van der Waals surface area (Å²) in [5.41, 5.74) is 0.702. The number of hydrogen-bond donors (Lipinski definition) is 0. The van der Waals surface area contributed by atoms with Gasteiger partial charge < -0.3 is 4.90 Å². The van der Waals surface area contributed by atoms with Crippen LogP contribution in [0.4, 0.5) is 18.9 Å². The van der Waals surface area contributed by atoms with E-state index in [2.05, 4.69) is 0 Å². The van der Waals surface area contributed by atoms with Crippen LogP contribution in [0.2, 0.25) is 0 Å². The van der Waals surface area contributed by atoms with Crippen LogP contribution < -0.4 is 4.90 Å². The van der Waals surface area contributed by atoms with Gasteiger partial charge in [-0.25, -0.2) is 0 Å². The second-order valence-electron chi connectivity index (χ2n) is 4.10. The van der Waals surface area contributed by atoms with Gasteiger partial charge in [0.05, 0.1) is 0 Å². The fraction of sp³-hybridized carbons (Fsp3) is 0.308. The Morgan fingerprint density at radius 3 is 2.50 bits per heavy atom. The van der Waals surface area contributed by atoms with Crippen molar-refractivity contribution in [3.63, 3.8) is 0 Å². The van der Waals surface area contributed by atoms with Gasteiger partial charge in [0.25, 0.3) is 0 Å². The Morgan fingerprint density at radius 2 is 1.94 bits per heavy atom. The van der Waals surface area contributed by atoms with E-state index >= 15 is 0 Å². The molecular weight excluding hydrogens is 243 g/mol. The quantitative estimate of drug-likeness (QED) is 0.597. The standard InChI is InChI=1S/C13H12F3NO/c14-13(15,16)11-5-7-17(8-6-11)12-4-2-1-3-10(12)9-18/h1-5,9H,6-8H2. The number of aldehydes is 1. The first-order chi connectivity index (χ1) is 8.52. The Balaban J connectivity index is 2.19.